The number of halogens is 2. The molecule has 0 aliphatic carbocycles. The van der Waals surface area contributed by atoms with E-state index in [1.54, 1.807) is 12.1 Å². The summed E-state index contributed by atoms with van der Waals surface area (Å²) in [6, 6.07) is 7.16. The molecule has 0 fully saturated rings. The normalized spacial score (nSPS) is 11.8. The quantitative estimate of drug-likeness (QED) is 0.829. The lowest BCUT2D eigenvalue weighted by Crippen LogP contribution is -1.81. The Bertz CT molecular complexity index is 279. The molecular weight excluding hydrogens is 223 g/mol. The van der Waals surface area contributed by atoms with Gasteiger partial charge in [-0.15, -0.1) is 0 Å². The van der Waals surface area contributed by atoms with Crippen molar-refractivity contribution in [3.63, 3.8) is 0 Å². The van der Waals surface area contributed by atoms with Crippen LogP contribution in [0.5, 0.6) is 0 Å². The fourth-order valence-corrected chi connectivity index (χ4v) is 1.05. The largest absolute Gasteiger partial charge is 0.389 e. The Kier molecular flexibility index (Phi) is 3.44. The van der Waals surface area contributed by atoms with Crippen molar-refractivity contribution < 1.29 is 9.50 Å². The molecule has 0 bridgehead atoms. The number of hydrogen-bond acceptors (Lipinski definition) is 1. The summed E-state index contributed by atoms with van der Waals surface area (Å²) in [5, 5.41) is 8.40. The molecule has 0 aliphatic rings. The van der Waals surface area contributed by atoms with Gasteiger partial charge >= 0.3 is 0 Å². The highest BCUT2D eigenvalue weighted by atomic mass is 79.9. The van der Waals surface area contributed by atoms with Crippen LogP contribution < -0.4 is 0 Å². The summed E-state index contributed by atoms with van der Waals surface area (Å²) in [6.45, 7) is -0.546. The van der Waals surface area contributed by atoms with Crippen molar-refractivity contribution in [3.05, 3.63) is 40.1 Å². The molecule has 0 saturated carbocycles. The second kappa shape index (κ2) is 4.38. The highest BCUT2D eigenvalue weighted by Gasteiger charge is 1.92. The van der Waals surface area contributed by atoms with Gasteiger partial charge in [-0.25, -0.2) is 4.39 Å². The Balaban J connectivity index is 2.84. The van der Waals surface area contributed by atoms with Crippen LogP contribution in [0.1, 0.15) is 5.56 Å². The molecule has 1 N–H and O–H groups in total. The first kappa shape index (κ1) is 9.42. The minimum absolute atomic E-state index is 0.530. The van der Waals surface area contributed by atoms with E-state index in [0.717, 1.165) is 10.0 Å². The maximum atomic E-state index is 12.5. The van der Waals surface area contributed by atoms with Gasteiger partial charge in [0.15, 0.2) is 0 Å². The van der Waals surface area contributed by atoms with Crippen LogP contribution in [0.15, 0.2) is 34.6 Å². The smallest absolute Gasteiger partial charge is 0.126 e. The topological polar surface area (TPSA) is 20.2 Å². The van der Waals surface area contributed by atoms with Gasteiger partial charge in [0.2, 0.25) is 0 Å². The summed E-state index contributed by atoms with van der Waals surface area (Å²) in [7, 11) is 0. The van der Waals surface area contributed by atoms with E-state index in [1.165, 1.54) is 6.08 Å². The molecule has 0 aliphatic heterocycles. The zero-order chi connectivity index (χ0) is 8.97. The minimum Gasteiger partial charge on any atom is -0.389 e. The van der Waals surface area contributed by atoms with Crippen LogP contribution in [0, 0.1) is 0 Å². The highest BCUT2D eigenvalue weighted by Crippen LogP contribution is 2.13. The predicted molar refractivity (Wildman–Crippen MR) is 50.3 cm³/mol. The maximum absolute atomic E-state index is 12.5. The number of benzene rings is 1. The molecule has 64 valence electrons. The van der Waals surface area contributed by atoms with Gasteiger partial charge in [-0.3, -0.25) is 0 Å². The van der Waals surface area contributed by atoms with Crippen molar-refractivity contribution in [2.24, 2.45) is 0 Å². The third-order valence-corrected chi connectivity index (χ3v) is 1.87. The van der Waals surface area contributed by atoms with Crippen LogP contribution in [0.2, 0.25) is 0 Å². The summed E-state index contributed by atoms with van der Waals surface area (Å²) >= 11 is 3.26. The Morgan fingerprint density at radius 3 is 2.50 bits per heavy atom. The molecule has 0 unspecified atom stereocenters. The second-order valence-corrected chi connectivity index (χ2v) is 3.22. The molecule has 1 rings (SSSR count). The van der Waals surface area contributed by atoms with Gasteiger partial charge in [0.05, 0.1) is 6.61 Å². The van der Waals surface area contributed by atoms with E-state index in [0.29, 0.717) is 0 Å². The van der Waals surface area contributed by atoms with Crippen molar-refractivity contribution in [1.29, 1.82) is 0 Å². The van der Waals surface area contributed by atoms with Crippen LogP contribution in [0.25, 0.3) is 6.08 Å². The van der Waals surface area contributed by atoms with E-state index in [-0.39, 0.29) is 0 Å². The van der Waals surface area contributed by atoms with Gasteiger partial charge in [-0.2, -0.15) is 0 Å². The average molecular weight is 231 g/mol. The maximum Gasteiger partial charge on any atom is 0.126 e. The monoisotopic (exact) mass is 230 g/mol. The van der Waals surface area contributed by atoms with E-state index in [9.17, 15) is 4.39 Å². The van der Waals surface area contributed by atoms with Crippen molar-refractivity contribution in [2.75, 3.05) is 6.61 Å². The van der Waals surface area contributed by atoms with Crippen LogP contribution >= 0.6 is 15.9 Å². The molecule has 0 amide bonds. The standard InChI is InChI=1S/C9H8BrFO/c10-8-3-1-7(2-4-8)5-9(11)6-12/h1-5,12H,6H2/b9-5-. The number of rotatable bonds is 2. The van der Waals surface area contributed by atoms with Crippen molar-refractivity contribution >= 4 is 22.0 Å². The lowest BCUT2D eigenvalue weighted by Gasteiger charge is -1.94. The van der Waals surface area contributed by atoms with Crippen molar-refractivity contribution in [1.82, 2.24) is 0 Å². The number of aliphatic hydroxyl groups is 1. The Morgan fingerprint density at radius 2 is 2.00 bits per heavy atom. The molecule has 0 heterocycles. The minimum atomic E-state index is -0.546. The number of aliphatic hydroxyl groups excluding tert-OH is 1. The van der Waals surface area contributed by atoms with Gasteiger partial charge in [-0.05, 0) is 23.8 Å². The van der Waals surface area contributed by atoms with Gasteiger partial charge < -0.3 is 5.11 Å². The van der Waals surface area contributed by atoms with E-state index in [4.69, 9.17) is 5.11 Å². The lowest BCUT2D eigenvalue weighted by molar-refractivity contribution is 0.300. The third-order valence-electron chi connectivity index (χ3n) is 1.34. The Labute approximate surface area is 78.7 Å². The zero-order valence-corrected chi connectivity index (χ0v) is 7.88. The first-order valence-electron chi connectivity index (χ1n) is 3.45. The van der Waals surface area contributed by atoms with Crippen LogP contribution in [0.3, 0.4) is 0 Å². The summed E-state index contributed by atoms with van der Waals surface area (Å²) in [5.74, 6) is -0.530. The highest BCUT2D eigenvalue weighted by molar-refractivity contribution is 9.10. The molecule has 0 saturated heterocycles. The van der Waals surface area contributed by atoms with Crippen LogP contribution in [-0.4, -0.2) is 11.7 Å². The van der Waals surface area contributed by atoms with E-state index < -0.39 is 12.4 Å². The van der Waals surface area contributed by atoms with Gasteiger partial charge in [0.25, 0.3) is 0 Å². The molecule has 1 nitrogen and oxygen atoms in total. The molecule has 1 aromatic rings. The molecule has 3 heteroatoms. The molecular formula is C9H8BrFO. The lowest BCUT2D eigenvalue weighted by atomic mass is 10.2. The van der Waals surface area contributed by atoms with E-state index >= 15 is 0 Å². The predicted octanol–water partition coefficient (Wildman–Crippen LogP) is 2.75. The molecule has 12 heavy (non-hydrogen) atoms. The van der Waals surface area contributed by atoms with E-state index in [2.05, 4.69) is 15.9 Å². The molecule has 0 aromatic heterocycles. The van der Waals surface area contributed by atoms with Gasteiger partial charge in [-0.1, -0.05) is 28.1 Å². The fraction of sp³-hybridized carbons (Fsp3) is 0.111. The molecule has 1 aromatic carbocycles. The number of hydrogen-bond donors (Lipinski definition) is 1. The summed E-state index contributed by atoms with van der Waals surface area (Å²) < 4.78 is 13.5. The van der Waals surface area contributed by atoms with Gasteiger partial charge in [0, 0.05) is 4.47 Å². The fourth-order valence-electron chi connectivity index (χ4n) is 0.785. The summed E-state index contributed by atoms with van der Waals surface area (Å²) in [4.78, 5) is 0. The molecule has 0 atom stereocenters. The molecule has 0 spiro atoms. The van der Waals surface area contributed by atoms with Crippen LogP contribution in [-0.2, 0) is 0 Å². The third kappa shape index (κ3) is 2.75. The summed E-state index contributed by atoms with van der Waals surface area (Å²) in [6.07, 6.45) is 1.30. The first-order chi connectivity index (χ1) is 5.72. The second-order valence-electron chi connectivity index (χ2n) is 2.30. The SMILES string of the molecule is OC/C(F)=C/c1ccc(Br)cc1. The zero-order valence-electron chi connectivity index (χ0n) is 6.30. The average Bonchev–Trinajstić information content (AvgIpc) is 2.09. The Hall–Kier alpha value is -0.670. The van der Waals surface area contributed by atoms with Crippen molar-refractivity contribution in [2.45, 2.75) is 0 Å². The first-order valence-corrected chi connectivity index (χ1v) is 4.24. The van der Waals surface area contributed by atoms with Crippen LogP contribution in [0.4, 0.5) is 4.39 Å². The molecule has 0 radical (unpaired) electrons. The summed E-state index contributed by atoms with van der Waals surface area (Å²) in [5.41, 5.74) is 0.741. The van der Waals surface area contributed by atoms with E-state index in [1.807, 2.05) is 12.1 Å². The Morgan fingerprint density at radius 1 is 1.42 bits per heavy atom. The van der Waals surface area contributed by atoms with Crippen molar-refractivity contribution in [3.8, 4) is 0 Å². The van der Waals surface area contributed by atoms with Gasteiger partial charge in [0.1, 0.15) is 5.83 Å².